The zero-order chi connectivity index (χ0) is 56.4. The summed E-state index contributed by atoms with van der Waals surface area (Å²) in [5.41, 5.74) is 0. The highest BCUT2D eigenvalue weighted by molar-refractivity contribution is 5.71. The molecule has 0 spiro atoms. The molecular formula is C72H116O6. The van der Waals surface area contributed by atoms with Crippen molar-refractivity contribution in [1.29, 1.82) is 0 Å². The number of hydrogen-bond donors (Lipinski definition) is 0. The predicted molar refractivity (Wildman–Crippen MR) is 339 cm³/mol. The lowest BCUT2D eigenvalue weighted by molar-refractivity contribution is -0.167. The molecule has 0 radical (unpaired) electrons. The van der Waals surface area contributed by atoms with Crippen LogP contribution in [0.15, 0.2) is 146 Å². The third-order valence-corrected chi connectivity index (χ3v) is 13.1. The van der Waals surface area contributed by atoms with Crippen molar-refractivity contribution in [3.63, 3.8) is 0 Å². The normalized spacial score (nSPS) is 13.1. The van der Waals surface area contributed by atoms with E-state index in [1.54, 1.807) is 0 Å². The monoisotopic (exact) mass is 1080 g/mol. The molecule has 1 unspecified atom stereocenters. The summed E-state index contributed by atoms with van der Waals surface area (Å²) in [5, 5.41) is 0. The van der Waals surface area contributed by atoms with Gasteiger partial charge in [0.25, 0.3) is 0 Å². The Hall–Kier alpha value is -4.71. The molecule has 0 aromatic carbocycles. The molecule has 0 aliphatic rings. The Labute approximate surface area is 480 Å². The van der Waals surface area contributed by atoms with Crippen LogP contribution in [0, 0.1) is 0 Å². The van der Waals surface area contributed by atoms with Crippen LogP contribution in [0.3, 0.4) is 0 Å². The number of esters is 3. The van der Waals surface area contributed by atoms with Gasteiger partial charge in [-0.05, 0) is 141 Å². The summed E-state index contributed by atoms with van der Waals surface area (Å²) < 4.78 is 16.9. The molecule has 0 saturated heterocycles. The molecular weight excluding hydrogens is 961 g/mol. The fourth-order valence-corrected chi connectivity index (χ4v) is 8.35. The van der Waals surface area contributed by atoms with Gasteiger partial charge >= 0.3 is 17.9 Å². The van der Waals surface area contributed by atoms with E-state index in [0.717, 1.165) is 161 Å². The Morgan fingerprint density at radius 2 is 0.500 bits per heavy atom. The van der Waals surface area contributed by atoms with Gasteiger partial charge in [-0.2, -0.15) is 0 Å². The van der Waals surface area contributed by atoms with Crippen LogP contribution < -0.4 is 0 Å². The maximum atomic E-state index is 12.9. The summed E-state index contributed by atoms with van der Waals surface area (Å²) in [7, 11) is 0. The molecule has 0 N–H and O–H groups in total. The zero-order valence-corrected chi connectivity index (χ0v) is 50.4. The molecule has 1 atom stereocenters. The Morgan fingerprint density at radius 1 is 0.269 bits per heavy atom. The number of carbonyl (C=O) groups excluding carboxylic acids is 3. The summed E-state index contributed by atoms with van der Waals surface area (Å²) in [5.74, 6) is -0.930. The summed E-state index contributed by atoms with van der Waals surface area (Å²) in [4.78, 5) is 38.2. The van der Waals surface area contributed by atoms with E-state index in [2.05, 4.69) is 167 Å². The van der Waals surface area contributed by atoms with E-state index in [4.69, 9.17) is 14.2 Å². The molecule has 6 nitrogen and oxygen atoms in total. The number of rotatable bonds is 56. The van der Waals surface area contributed by atoms with Gasteiger partial charge in [0.2, 0.25) is 0 Å². The first-order valence-electron chi connectivity index (χ1n) is 31.8. The predicted octanol–water partition coefficient (Wildman–Crippen LogP) is 21.9. The van der Waals surface area contributed by atoms with Gasteiger partial charge in [0, 0.05) is 19.3 Å². The molecule has 0 fully saturated rings. The average molecular weight is 1080 g/mol. The van der Waals surface area contributed by atoms with E-state index < -0.39 is 6.10 Å². The van der Waals surface area contributed by atoms with Crippen LogP contribution in [0.2, 0.25) is 0 Å². The molecule has 0 rings (SSSR count). The Bertz CT molecular complexity index is 1710. The first-order valence-corrected chi connectivity index (χ1v) is 31.8. The van der Waals surface area contributed by atoms with Crippen LogP contribution >= 0.6 is 0 Å². The minimum absolute atomic E-state index is 0.0953. The summed E-state index contributed by atoms with van der Waals surface area (Å²) in [6, 6.07) is 0. The minimum atomic E-state index is -0.799. The second-order valence-electron chi connectivity index (χ2n) is 20.5. The van der Waals surface area contributed by atoms with Gasteiger partial charge in [-0.15, -0.1) is 0 Å². The van der Waals surface area contributed by atoms with E-state index in [-0.39, 0.29) is 31.1 Å². The number of unbranched alkanes of at least 4 members (excludes halogenated alkanes) is 21. The highest BCUT2D eigenvalue weighted by Gasteiger charge is 2.19. The molecule has 0 aromatic heterocycles. The Balaban J connectivity index is 4.34. The maximum Gasteiger partial charge on any atom is 0.306 e. The topological polar surface area (TPSA) is 78.9 Å². The van der Waals surface area contributed by atoms with Crippen LogP contribution in [0.25, 0.3) is 0 Å². The smallest absolute Gasteiger partial charge is 0.306 e. The lowest BCUT2D eigenvalue weighted by atomic mass is 10.1. The van der Waals surface area contributed by atoms with Crippen LogP contribution in [-0.4, -0.2) is 37.2 Å². The molecule has 78 heavy (non-hydrogen) atoms. The first kappa shape index (κ1) is 73.3. The molecule has 0 aromatic rings. The third kappa shape index (κ3) is 62.1. The van der Waals surface area contributed by atoms with Crippen molar-refractivity contribution in [2.24, 2.45) is 0 Å². The molecule has 0 amide bonds. The van der Waals surface area contributed by atoms with Gasteiger partial charge < -0.3 is 14.2 Å². The molecule has 0 aliphatic heterocycles. The highest BCUT2D eigenvalue weighted by Crippen LogP contribution is 2.14. The van der Waals surface area contributed by atoms with Crippen LogP contribution in [0.5, 0.6) is 0 Å². The van der Waals surface area contributed by atoms with Gasteiger partial charge in [-0.3, -0.25) is 14.4 Å². The van der Waals surface area contributed by atoms with E-state index in [0.29, 0.717) is 19.3 Å². The fraction of sp³-hybridized carbons (Fsp3) is 0.625. The lowest BCUT2D eigenvalue weighted by Gasteiger charge is -2.18. The van der Waals surface area contributed by atoms with E-state index in [9.17, 15) is 14.4 Å². The summed E-state index contributed by atoms with van der Waals surface area (Å²) >= 11 is 0. The van der Waals surface area contributed by atoms with Crippen LogP contribution in [0.4, 0.5) is 0 Å². The SMILES string of the molecule is CC/C=C\C/C=C\C/C=C\C/C=C\C/C=C\C/C=C\C/C=C\C/C=C\CCCCCCCCC(=O)OCC(COC(=O)CCCCCCC/C=C\CCCCC)OC(=O)CCCCCCCCC/C=C\C/C=C\C/C=C\CC. The second kappa shape index (κ2) is 64.8. The van der Waals surface area contributed by atoms with Crippen molar-refractivity contribution < 1.29 is 28.6 Å². The molecule has 440 valence electrons. The summed E-state index contributed by atoms with van der Waals surface area (Å²) in [6.07, 6.45) is 92.8. The second-order valence-corrected chi connectivity index (χ2v) is 20.5. The zero-order valence-electron chi connectivity index (χ0n) is 50.4. The Kier molecular flexibility index (Phi) is 60.9. The third-order valence-electron chi connectivity index (χ3n) is 13.1. The van der Waals surface area contributed by atoms with Gasteiger partial charge in [0.05, 0.1) is 0 Å². The van der Waals surface area contributed by atoms with Gasteiger partial charge in [0.1, 0.15) is 13.2 Å². The van der Waals surface area contributed by atoms with E-state index in [1.165, 1.54) is 70.6 Å². The van der Waals surface area contributed by atoms with Crippen molar-refractivity contribution in [2.45, 2.75) is 277 Å². The maximum absolute atomic E-state index is 12.9. The highest BCUT2D eigenvalue weighted by atomic mass is 16.6. The Morgan fingerprint density at radius 3 is 0.795 bits per heavy atom. The standard InChI is InChI=1S/C72H116O6/c1-4-7-10-13-16-19-22-25-27-29-30-31-32-33-34-35-36-37-38-39-40-41-42-44-45-47-50-53-56-59-62-65-71(74)77-68-69(67-76-70(73)64-61-58-55-52-49-24-21-18-15-12-9-6-3)78-72(75)66-63-60-57-54-51-48-46-43-28-26-23-20-17-14-11-8-5-2/h7-8,10-11,16-21,25-28,30-31,33-34,36-37,39-40,42,44,69H,4-6,9,12-15,22-24,29,32,35,38,41,43,45-68H2,1-3H3/b10-7-,11-8-,19-16-,20-17-,21-18-,27-25-,28-26-,31-30-,34-33-,37-36-,40-39-,44-42-. The molecule has 0 bridgehead atoms. The van der Waals surface area contributed by atoms with Crippen LogP contribution in [-0.2, 0) is 28.6 Å². The van der Waals surface area contributed by atoms with Crippen molar-refractivity contribution in [3.05, 3.63) is 146 Å². The molecule has 0 heterocycles. The average Bonchev–Trinajstić information content (AvgIpc) is 3.44. The van der Waals surface area contributed by atoms with Gasteiger partial charge in [-0.1, -0.05) is 256 Å². The van der Waals surface area contributed by atoms with Crippen molar-refractivity contribution >= 4 is 17.9 Å². The number of carbonyl (C=O) groups is 3. The molecule has 0 aliphatic carbocycles. The number of ether oxygens (including phenoxy) is 3. The van der Waals surface area contributed by atoms with Crippen molar-refractivity contribution in [1.82, 2.24) is 0 Å². The number of allylic oxidation sites excluding steroid dienone is 24. The quantitative estimate of drug-likeness (QED) is 0.0261. The minimum Gasteiger partial charge on any atom is -0.462 e. The van der Waals surface area contributed by atoms with Crippen molar-refractivity contribution in [2.75, 3.05) is 13.2 Å². The molecule has 6 heteroatoms. The first-order chi connectivity index (χ1) is 38.5. The largest absolute Gasteiger partial charge is 0.462 e. The number of hydrogen-bond acceptors (Lipinski definition) is 6. The van der Waals surface area contributed by atoms with Crippen molar-refractivity contribution in [3.8, 4) is 0 Å². The lowest BCUT2D eigenvalue weighted by Crippen LogP contribution is -2.30. The van der Waals surface area contributed by atoms with E-state index >= 15 is 0 Å². The van der Waals surface area contributed by atoms with E-state index in [1.807, 2.05) is 0 Å². The fourth-order valence-electron chi connectivity index (χ4n) is 8.35. The summed E-state index contributed by atoms with van der Waals surface area (Å²) in [6.45, 7) is 6.36. The van der Waals surface area contributed by atoms with Gasteiger partial charge in [0.15, 0.2) is 6.10 Å². The van der Waals surface area contributed by atoms with Crippen LogP contribution in [0.1, 0.15) is 271 Å². The van der Waals surface area contributed by atoms with Gasteiger partial charge in [-0.25, -0.2) is 0 Å². The molecule has 0 saturated carbocycles.